The van der Waals surface area contributed by atoms with Gasteiger partial charge >= 0.3 is 47.4 Å². The molecule has 0 saturated heterocycles. The SMILES string of the molecule is C=CCCCCC(F)(F)C(F)(F)C(F)(F)C(F)(F)C(F)(F)C(F)(F)C(F)(F)C(F)(F)CCC. The van der Waals surface area contributed by atoms with Gasteiger partial charge in [-0.3, -0.25) is 0 Å². The van der Waals surface area contributed by atoms with E-state index in [1.165, 1.54) is 0 Å². The molecule has 0 aliphatic carbocycles. The molecule has 33 heavy (non-hydrogen) atoms. The van der Waals surface area contributed by atoms with E-state index in [2.05, 4.69) is 6.58 Å². The third-order valence-electron chi connectivity index (χ3n) is 4.60. The first-order valence-electron chi connectivity index (χ1n) is 9.00. The van der Waals surface area contributed by atoms with Crippen LogP contribution in [0.4, 0.5) is 70.2 Å². The van der Waals surface area contributed by atoms with E-state index in [1.807, 2.05) is 0 Å². The second-order valence-corrected chi connectivity index (χ2v) is 7.14. The van der Waals surface area contributed by atoms with Crippen molar-refractivity contribution in [2.24, 2.45) is 0 Å². The van der Waals surface area contributed by atoms with E-state index in [9.17, 15) is 70.2 Å². The van der Waals surface area contributed by atoms with Crippen LogP contribution < -0.4 is 0 Å². The summed E-state index contributed by atoms with van der Waals surface area (Å²) in [5.74, 6) is -60.2. The Morgan fingerprint density at radius 1 is 0.485 bits per heavy atom. The molecule has 198 valence electrons. The molecule has 0 heterocycles. The topological polar surface area (TPSA) is 0 Å². The first-order valence-corrected chi connectivity index (χ1v) is 9.00. The molecule has 0 amide bonds. The third-order valence-corrected chi connectivity index (χ3v) is 4.60. The molecular formula is C17H18F16. The summed E-state index contributed by atoms with van der Waals surface area (Å²) in [5.41, 5.74) is 0. The Hall–Kier alpha value is -1.38. The minimum atomic E-state index is -8.34. The Kier molecular flexibility index (Phi) is 8.95. The van der Waals surface area contributed by atoms with Crippen LogP contribution in [0.25, 0.3) is 0 Å². The molecule has 0 saturated carbocycles. The van der Waals surface area contributed by atoms with Crippen molar-refractivity contribution in [1.29, 1.82) is 0 Å². The Bertz CT molecular complexity index is 664. The van der Waals surface area contributed by atoms with E-state index >= 15 is 0 Å². The van der Waals surface area contributed by atoms with Gasteiger partial charge < -0.3 is 0 Å². The monoisotopic (exact) mass is 526 g/mol. The van der Waals surface area contributed by atoms with Gasteiger partial charge in [0.2, 0.25) is 0 Å². The van der Waals surface area contributed by atoms with E-state index in [4.69, 9.17) is 0 Å². The lowest BCUT2D eigenvalue weighted by Gasteiger charge is -2.43. The van der Waals surface area contributed by atoms with Crippen LogP contribution in [0.5, 0.6) is 0 Å². The van der Waals surface area contributed by atoms with Crippen LogP contribution in [0, 0.1) is 0 Å². The van der Waals surface area contributed by atoms with Gasteiger partial charge in [0.1, 0.15) is 0 Å². The zero-order valence-electron chi connectivity index (χ0n) is 16.6. The molecule has 0 aliphatic heterocycles. The van der Waals surface area contributed by atoms with Gasteiger partial charge in [0.15, 0.2) is 0 Å². The largest absolute Gasteiger partial charge is 0.384 e. The predicted molar refractivity (Wildman–Crippen MR) is 83.1 cm³/mol. The van der Waals surface area contributed by atoms with Crippen LogP contribution in [-0.4, -0.2) is 47.4 Å². The summed E-state index contributed by atoms with van der Waals surface area (Å²) in [4.78, 5) is 0. The summed E-state index contributed by atoms with van der Waals surface area (Å²) in [5, 5.41) is 0. The standard InChI is InChI=1S/C17H18F16/c1-3-5-6-7-9-11(20,21)13(24,25)15(28,29)17(32,33)16(30,31)14(26,27)12(22,23)10(18,19)8-4-2/h3H,1,4-9H2,2H3. The molecule has 0 N–H and O–H groups in total. The van der Waals surface area contributed by atoms with E-state index in [0.29, 0.717) is 6.92 Å². The molecule has 0 fully saturated rings. The quantitative estimate of drug-likeness (QED) is 0.121. The first kappa shape index (κ1) is 31.6. The van der Waals surface area contributed by atoms with E-state index in [1.54, 1.807) is 0 Å². The lowest BCUT2D eigenvalue weighted by Crippen LogP contribution is -2.74. The maximum atomic E-state index is 13.7. The van der Waals surface area contributed by atoms with Crippen molar-refractivity contribution < 1.29 is 70.2 Å². The second kappa shape index (κ2) is 9.34. The Balaban J connectivity index is 6.47. The molecule has 0 radical (unpaired) electrons. The van der Waals surface area contributed by atoms with Crippen LogP contribution in [0.3, 0.4) is 0 Å². The number of hydrogen-bond acceptors (Lipinski definition) is 0. The van der Waals surface area contributed by atoms with Gasteiger partial charge in [-0.15, -0.1) is 6.58 Å². The van der Waals surface area contributed by atoms with Crippen molar-refractivity contribution in [3.8, 4) is 0 Å². The van der Waals surface area contributed by atoms with Crippen LogP contribution >= 0.6 is 0 Å². The highest BCUT2D eigenvalue weighted by Gasteiger charge is 2.94. The molecule has 0 atom stereocenters. The molecule has 0 aromatic rings. The van der Waals surface area contributed by atoms with Gasteiger partial charge in [-0.1, -0.05) is 19.4 Å². The Labute approximate surface area is 177 Å². The van der Waals surface area contributed by atoms with Gasteiger partial charge in [0.05, 0.1) is 0 Å². The fourth-order valence-corrected chi connectivity index (χ4v) is 2.51. The van der Waals surface area contributed by atoms with Crippen molar-refractivity contribution in [1.82, 2.24) is 0 Å². The Morgan fingerprint density at radius 2 is 0.788 bits per heavy atom. The van der Waals surface area contributed by atoms with E-state index in [0.717, 1.165) is 6.08 Å². The summed E-state index contributed by atoms with van der Waals surface area (Å²) >= 11 is 0. The van der Waals surface area contributed by atoms with Crippen LogP contribution in [0.1, 0.15) is 45.4 Å². The summed E-state index contributed by atoms with van der Waals surface area (Å²) in [6.07, 6.45) is -6.39. The van der Waals surface area contributed by atoms with Crippen molar-refractivity contribution in [3.05, 3.63) is 12.7 Å². The highest BCUT2D eigenvalue weighted by molar-refractivity contribution is 5.15. The molecule has 0 aliphatic rings. The van der Waals surface area contributed by atoms with E-state index < -0.39 is 79.5 Å². The Morgan fingerprint density at radius 3 is 1.09 bits per heavy atom. The van der Waals surface area contributed by atoms with Gasteiger partial charge in [-0.2, -0.15) is 70.2 Å². The van der Waals surface area contributed by atoms with Crippen molar-refractivity contribution in [2.75, 3.05) is 0 Å². The van der Waals surface area contributed by atoms with Crippen LogP contribution in [-0.2, 0) is 0 Å². The smallest absolute Gasteiger partial charge is 0.200 e. The maximum Gasteiger partial charge on any atom is 0.384 e. The zero-order valence-corrected chi connectivity index (χ0v) is 16.6. The average molecular weight is 526 g/mol. The maximum absolute atomic E-state index is 13.7. The minimum absolute atomic E-state index is 0.153. The number of allylic oxidation sites excluding steroid dienone is 1. The fourth-order valence-electron chi connectivity index (χ4n) is 2.51. The molecule has 0 bridgehead atoms. The van der Waals surface area contributed by atoms with Gasteiger partial charge in [-0.05, 0) is 19.3 Å². The fraction of sp³-hybridized carbons (Fsp3) is 0.882. The third kappa shape index (κ3) is 4.76. The number of hydrogen-bond donors (Lipinski definition) is 0. The molecule has 16 heteroatoms. The molecule has 0 nitrogen and oxygen atoms in total. The zero-order chi connectivity index (χ0) is 26.9. The molecule has 0 unspecified atom stereocenters. The lowest BCUT2D eigenvalue weighted by atomic mass is 9.86. The van der Waals surface area contributed by atoms with Gasteiger partial charge in [0.25, 0.3) is 0 Å². The molecule has 0 spiro atoms. The second-order valence-electron chi connectivity index (χ2n) is 7.14. The highest BCUT2D eigenvalue weighted by atomic mass is 19.4. The molecule has 0 aromatic carbocycles. The molecule has 0 rings (SSSR count). The first-order chi connectivity index (χ1) is 14.4. The van der Waals surface area contributed by atoms with E-state index in [-0.39, 0.29) is 6.42 Å². The summed E-state index contributed by atoms with van der Waals surface area (Å²) < 4.78 is 217. The summed E-state index contributed by atoms with van der Waals surface area (Å²) in [7, 11) is 0. The molecular weight excluding hydrogens is 508 g/mol. The predicted octanol–water partition coefficient (Wildman–Crippen LogP) is 8.62. The number of rotatable bonds is 14. The normalized spacial score (nSPS) is 15.7. The van der Waals surface area contributed by atoms with Crippen molar-refractivity contribution in [2.45, 2.75) is 92.8 Å². The minimum Gasteiger partial charge on any atom is -0.200 e. The summed E-state index contributed by atoms with van der Waals surface area (Å²) in [6.45, 7) is 3.73. The van der Waals surface area contributed by atoms with Gasteiger partial charge in [-0.25, -0.2) is 0 Å². The van der Waals surface area contributed by atoms with Gasteiger partial charge in [0, 0.05) is 12.8 Å². The number of halogens is 16. The average Bonchev–Trinajstić information content (AvgIpc) is 2.64. The number of unbranched alkanes of at least 4 members (excludes halogenated alkanes) is 2. The van der Waals surface area contributed by atoms with Crippen molar-refractivity contribution in [3.63, 3.8) is 0 Å². The van der Waals surface area contributed by atoms with Crippen LogP contribution in [0.2, 0.25) is 0 Å². The van der Waals surface area contributed by atoms with Crippen LogP contribution in [0.15, 0.2) is 12.7 Å². The lowest BCUT2D eigenvalue weighted by molar-refractivity contribution is -0.453. The summed E-state index contributed by atoms with van der Waals surface area (Å²) in [6, 6.07) is 0. The number of alkyl halides is 16. The van der Waals surface area contributed by atoms with Crippen molar-refractivity contribution >= 4 is 0 Å². The molecule has 0 aromatic heterocycles. The highest BCUT2D eigenvalue weighted by Crippen LogP contribution is 2.64.